The maximum absolute atomic E-state index is 6.50. The molecule has 172 valence electrons. The van der Waals surface area contributed by atoms with E-state index in [2.05, 4.69) is 6.92 Å². The van der Waals surface area contributed by atoms with Crippen molar-refractivity contribution in [3.63, 3.8) is 0 Å². The molecule has 3 fully saturated rings. The van der Waals surface area contributed by atoms with Crippen molar-refractivity contribution < 1.29 is 33.2 Å². The lowest BCUT2D eigenvalue weighted by Crippen LogP contribution is -2.67. The van der Waals surface area contributed by atoms with Gasteiger partial charge in [-0.25, -0.2) is 0 Å². The van der Waals surface area contributed by atoms with Crippen LogP contribution in [0.25, 0.3) is 0 Å². The van der Waals surface area contributed by atoms with Gasteiger partial charge >= 0.3 is 5.97 Å². The number of ether oxygens (including phenoxy) is 7. The first-order valence-electron chi connectivity index (χ1n) is 11.2. The Balaban J connectivity index is 1.43. The lowest BCUT2D eigenvalue weighted by atomic mass is 9.85. The Morgan fingerprint density at radius 1 is 0.938 bits per heavy atom. The molecule has 5 atom stereocenters. The van der Waals surface area contributed by atoms with Crippen LogP contribution in [-0.4, -0.2) is 50.4 Å². The van der Waals surface area contributed by atoms with Gasteiger partial charge < -0.3 is 28.4 Å². The van der Waals surface area contributed by atoms with Gasteiger partial charge in [-0.05, 0) is 12.0 Å². The molecular formula is C25H30O7. The third-order valence-electron chi connectivity index (χ3n) is 6.45. The lowest BCUT2D eigenvalue weighted by molar-refractivity contribution is -0.495. The monoisotopic (exact) mass is 442 g/mol. The van der Waals surface area contributed by atoms with Crippen LogP contribution in [0.4, 0.5) is 0 Å². The highest BCUT2D eigenvalue weighted by molar-refractivity contribution is 5.17. The molecule has 0 amide bonds. The minimum absolute atomic E-state index is 0.367. The van der Waals surface area contributed by atoms with Crippen molar-refractivity contribution >= 4 is 0 Å². The van der Waals surface area contributed by atoms with Crippen LogP contribution in [0, 0.1) is 0 Å². The van der Waals surface area contributed by atoms with E-state index >= 15 is 0 Å². The largest absolute Gasteiger partial charge is 0.365 e. The van der Waals surface area contributed by atoms with E-state index < -0.39 is 30.3 Å². The first-order valence-corrected chi connectivity index (χ1v) is 11.2. The number of rotatable bonds is 6. The minimum Gasteiger partial charge on any atom is -0.365 e. The molecule has 2 aromatic rings. The Morgan fingerprint density at radius 3 is 2.28 bits per heavy atom. The normalized spacial score (nSPS) is 33.8. The fraction of sp³-hybridized carbons (Fsp3) is 0.520. The Kier molecular flexibility index (Phi) is 6.31. The molecule has 3 aliphatic rings. The second-order valence-electron chi connectivity index (χ2n) is 8.36. The summed E-state index contributed by atoms with van der Waals surface area (Å²) in [4.78, 5) is 0. The quantitative estimate of drug-likeness (QED) is 0.672. The topological polar surface area (TPSA) is 64.6 Å². The maximum atomic E-state index is 6.50. The summed E-state index contributed by atoms with van der Waals surface area (Å²) in [6.07, 6.45) is -0.981. The summed E-state index contributed by atoms with van der Waals surface area (Å²) >= 11 is 0. The zero-order chi connectivity index (χ0) is 22.0. The molecule has 2 aromatic carbocycles. The average molecular weight is 443 g/mol. The summed E-state index contributed by atoms with van der Waals surface area (Å²) in [6, 6.07) is 19.9. The molecule has 0 N–H and O–H groups in total. The summed E-state index contributed by atoms with van der Waals surface area (Å²) in [5.41, 5.74) is 1.29. The zero-order valence-corrected chi connectivity index (χ0v) is 18.5. The summed E-state index contributed by atoms with van der Waals surface area (Å²) in [7, 11) is 1.63. The molecule has 5 rings (SSSR count). The molecule has 0 saturated carbocycles. The van der Waals surface area contributed by atoms with Crippen LogP contribution in [0.3, 0.4) is 0 Å². The van der Waals surface area contributed by atoms with E-state index in [1.807, 2.05) is 60.7 Å². The fourth-order valence-electron chi connectivity index (χ4n) is 4.73. The predicted molar refractivity (Wildman–Crippen MR) is 114 cm³/mol. The van der Waals surface area contributed by atoms with E-state index in [4.69, 9.17) is 33.2 Å². The van der Waals surface area contributed by atoms with Gasteiger partial charge in [0, 0.05) is 19.1 Å². The lowest BCUT2D eigenvalue weighted by Gasteiger charge is -2.54. The number of hydrogen-bond acceptors (Lipinski definition) is 7. The standard InChI is InChI=1S/C25H30O7/c1-3-24(29-17-18-10-6-4-7-11-18)16-20-21(31-23(24)26-2)25(27-14-15-28-25)32-22(30-20)19-12-8-5-9-13-19/h4-13,20-23H,3,14-17H2,1-2H3/t20-,21-,22-,23-,24+/m0/s1. The molecule has 3 saturated heterocycles. The van der Waals surface area contributed by atoms with Crippen LogP contribution in [0.1, 0.15) is 37.2 Å². The van der Waals surface area contributed by atoms with Crippen LogP contribution >= 0.6 is 0 Å². The van der Waals surface area contributed by atoms with Gasteiger partial charge in [0.15, 0.2) is 18.7 Å². The third kappa shape index (κ3) is 3.99. The average Bonchev–Trinajstić information content (AvgIpc) is 3.32. The van der Waals surface area contributed by atoms with E-state index in [-0.39, 0.29) is 6.10 Å². The Labute approximate surface area is 188 Å². The molecular weight excluding hydrogens is 412 g/mol. The van der Waals surface area contributed by atoms with Gasteiger partial charge in [-0.15, -0.1) is 0 Å². The predicted octanol–water partition coefficient (Wildman–Crippen LogP) is 3.93. The van der Waals surface area contributed by atoms with Crippen LogP contribution in [-0.2, 0) is 39.8 Å². The second-order valence-corrected chi connectivity index (χ2v) is 8.36. The van der Waals surface area contributed by atoms with Crippen LogP contribution in [0.2, 0.25) is 0 Å². The van der Waals surface area contributed by atoms with Crippen LogP contribution < -0.4 is 0 Å². The summed E-state index contributed by atoms with van der Waals surface area (Å²) in [5, 5.41) is 0. The van der Waals surface area contributed by atoms with Crippen LogP contribution in [0.15, 0.2) is 60.7 Å². The van der Waals surface area contributed by atoms with Gasteiger partial charge in [-0.1, -0.05) is 67.6 Å². The minimum atomic E-state index is -1.33. The van der Waals surface area contributed by atoms with Crippen molar-refractivity contribution in [2.24, 2.45) is 0 Å². The molecule has 32 heavy (non-hydrogen) atoms. The first-order chi connectivity index (χ1) is 15.7. The number of hydrogen-bond donors (Lipinski definition) is 0. The van der Waals surface area contributed by atoms with Gasteiger partial charge in [0.2, 0.25) is 0 Å². The first kappa shape index (κ1) is 22.0. The highest BCUT2D eigenvalue weighted by atomic mass is 16.9. The van der Waals surface area contributed by atoms with Crippen molar-refractivity contribution in [3.05, 3.63) is 71.8 Å². The summed E-state index contributed by atoms with van der Waals surface area (Å²) in [6.45, 7) is 3.38. The highest BCUT2D eigenvalue weighted by Gasteiger charge is 2.63. The molecule has 0 aromatic heterocycles. The van der Waals surface area contributed by atoms with E-state index in [1.54, 1.807) is 7.11 Å². The molecule has 3 heterocycles. The molecule has 0 bridgehead atoms. The van der Waals surface area contributed by atoms with E-state index in [9.17, 15) is 0 Å². The Morgan fingerprint density at radius 2 is 1.62 bits per heavy atom. The second kappa shape index (κ2) is 9.19. The maximum Gasteiger partial charge on any atom is 0.316 e. The highest BCUT2D eigenvalue weighted by Crippen LogP contribution is 2.49. The van der Waals surface area contributed by atoms with Crippen molar-refractivity contribution in [1.82, 2.24) is 0 Å². The van der Waals surface area contributed by atoms with Crippen molar-refractivity contribution in [1.29, 1.82) is 0 Å². The molecule has 7 heteroatoms. The van der Waals surface area contributed by atoms with Gasteiger partial charge in [0.1, 0.15) is 5.60 Å². The molecule has 0 aliphatic carbocycles. The van der Waals surface area contributed by atoms with Gasteiger partial charge in [0.05, 0.1) is 25.9 Å². The smallest absolute Gasteiger partial charge is 0.316 e. The third-order valence-corrected chi connectivity index (χ3v) is 6.45. The van der Waals surface area contributed by atoms with Gasteiger partial charge in [0.25, 0.3) is 0 Å². The van der Waals surface area contributed by atoms with Crippen molar-refractivity contribution in [3.8, 4) is 0 Å². The Hall–Kier alpha value is -1.84. The van der Waals surface area contributed by atoms with Gasteiger partial charge in [-0.2, -0.15) is 0 Å². The van der Waals surface area contributed by atoms with Crippen LogP contribution in [0.5, 0.6) is 0 Å². The van der Waals surface area contributed by atoms with Crippen molar-refractivity contribution in [2.45, 2.75) is 62.7 Å². The summed E-state index contributed by atoms with van der Waals surface area (Å²) in [5.74, 6) is -1.33. The number of benzene rings is 2. The molecule has 0 radical (unpaired) electrons. The molecule has 0 unspecified atom stereocenters. The molecule has 3 aliphatic heterocycles. The van der Waals surface area contributed by atoms with E-state index in [0.29, 0.717) is 32.7 Å². The summed E-state index contributed by atoms with van der Waals surface area (Å²) < 4.78 is 43.3. The Bertz CT molecular complexity index is 870. The van der Waals surface area contributed by atoms with E-state index in [0.717, 1.165) is 11.1 Å². The van der Waals surface area contributed by atoms with Gasteiger partial charge in [-0.3, -0.25) is 4.74 Å². The molecule has 7 nitrogen and oxygen atoms in total. The molecule has 1 spiro atoms. The number of methoxy groups -OCH3 is 1. The van der Waals surface area contributed by atoms with E-state index in [1.165, 1.54) is 0 Å². The SMILES string of the molecule is CC[C@@]1(OCc2ccccc2)C[C@@H]2O[C@H](c3ccccc3)OC3(OCCO3)[C@H]2O[C@@H]1OC. The number of fused-ring (bicyclic) bond motifs is 2. The fourth-order valence-corrected chi connectivity index (χ4v) is 4.73. The van der Waals surface area contributed by atoms with Crippen molar-refractivity contribution in [2.75, 3.05) is 20.3 Å². The zero-order valence-electron chi connectivity index (χ0n) is 18.5.